The van der Waals surface area contributed by atoms with E-state index in [1.54, 1.807) is 6.07 Å². The molecule has 1 rings (SSSR count). The first kappa shape index (κ1) is 14.9. The van der Waals surface area contributed by atoms with Gasteiger partial charge in [-0.05, 0) is 25.0 Å². The van der Waals surface area contributed by atoms with E-state index >= 15 is 0 Å². The highest BCUT2D eigenvalue weighted by Crippen LogP contribution is 2.29. The van der Waals surface area contributed by atoms with Gasteiger partial charge in [-0.25, -0.2) is 4.99 Å². The first-order chi connectivity index (χ1) is 9.04. The zero-order chi connectivity index (χ0) is 14.3. The second-order valence-electron chi connectivity index (χ2n) is 4.30. The van der Waals surface area contributed by atoms with Crippen molar-refractivity contribution in [3.05, 3.63) is 35.9 Å². The van der Waals surface area contributed by atoms with Gasteiger partial charge in [0.2, 0.25) is 0 Å². The van der Waals surface area contributed by atoms with Gasteiger partial charge in [-0.1, -0.05) is 24.3 Å². The number of phenols is 1. The number of nitrogens with zero attached hydrogens (tertiary/aromatic N) is 1. The van der Waals surface area contributed by atoms with E-state index in [4.69, 9.17) is 10.5 Å². The van der Waals surface area contributed by atoms with Crippen molar-refractivity contribution in [3.8, 4) is 11.5 Å². The molecule has 4 N–H and O–H groups in total. The Morgan fingerprint density at radius 1 is 1.53 bits per heavy atom. The van der Waals surface area contributed by atoms with Gasteiger partial charge in [-0.2, -0.15) is 0 Å². The number of ether oxygens (including phenoxy) is 1. The Bertz CT molecular complexity index is 470. The molecule has 5 nitrogen and oxygen atoms in total. The first-order valence-corrected chi connectivity index (χ1v) is 6.07. The Kier molecular flexibility index (Phi) is 5.73. The van der Waals surface area contributed by atoms with Crippen LogP contribution in [-0.2, 0) is 6.42 Å². The van der Waals surface area contributed by atoms with E-state index in [2.05, 4.69) is 16.9 Å². The van der Waals surface area contributed by atoms with E-state index in [1.807, 2.05) is 19.1 Å². The minimum absolute atomic E-state index is 0.171. The van der Waals surface area contributed by atoms with Gasteiger partial charge in [0, 0.05) is 6.54 Å². The van der Waals surface area contributed by atoms with E-state index < -0.39 is 0 Å². The second-order valence-corrected chi connectivity index (χ2v) is 4.30. The summed E-state index contributed by atoms with van der Waals surface area (Å²) in [6.07, 6.45) is 0.631. The summed E-state index contributed by atoms with van der Waals surface area (Å²) in [4.78, 5) is 4.11. The van der Waals surface area contributed by atoms with Crippen LogP contribution in [0.15, 0.2) is 35.3 Å². The highest BCUT2D eigenvalue weighted by Gasteiger charge is 2.06. The predicted molar refractivity (Wildman–Crippen MR) is 77.7 cm³/mol. The van der Waals surface area contributed by atoms with Crippen molar-refractivity contribution in [2.75, 3.05) is 20.2 Å². The van der Waals surface area contributed by atoms with Crippen molar-refractivity contribution in [1.82, 2.24) is 5.32 Å². The van der Waals surface area contributed by atoms with Crippen LogP contribution in [0.4, 0.5) is 0 Å². The molecule has 0 unspecified atom stereocenters. The third-order valence-corrected chi connectivity index (χ3v) is 2.52. The Labute approximate surface area is 113 Å². The number of rotatable bonds is 6. The first-order valence-electron chi connectivity index (χ1n) is 6.07. The van der Waals surface area contributed by atoms with Crippen molar-refractivity contribution in [1.29, 1.82) is 0 Å². The summed E-state index contributed by atoms with van der Waals surface area (Å²) in [6, 6.07) is 5.40. The molecular formula is C14H21N3O2. The zero-order valence-corrected chi connectivity index (χ0v) is 11.4. The molecule has 0 aliphatic heterocycles. The number of hydrogen-bond donors (Lipinski definition) is 3. The number of guanidine groups is 1. The number of para-hydroxylation sites is 1. The summed E-state index contributed by atoms with van der Waals surface area (Å²) in [5.41, 5.74) is 7.45. The fourth-order valence-electron chi connectivity index (χ4n) is 1.54. The predicted octanol–water partition coefficient (Wildman–Crippen LogP) is 1.42. The van der Waals surface area contributed by atoms with Crippen LogP contribution in [0.1, 0.15) is 12.5 Å². The number of methoxy groups -OCH3 is 1. The van der Waals surface area contributed by atoms with Crippen LogP contribution in [0.25, 0.3) is 0 Å². The molecule has 0 saturated carbocycles. The number of aliphatic imine (C=N–C) groups is 1. The van der Waals surface area contributed by atoms with Crippen LogP contribution >= 0.6 is 0 Å². The van der Waals surface area contributed by atoms with Crippen LogP contribution in [0.2, 0.25) is 0 Å². The lowest BCUT2D eigenvalue weighted by Gasteiger charge is -2.09. The van der Waals surface area contributed by atoms with Gasteiger partial charge in [0.05, 0.1) is 13.7 Å². The smallest absolute Gasteiger partial charge is 0.188 e. The number of nitrogens with two attached hydrogens (primary N) is 1. The quantitative estimate of drug-likeness (QED) is 0.412. The van der Waals surface area contributed by atoms with Gasteiger partial charge in [-0.3, -0.25) is 0 Å². The largest absolute Gasteiger partial charge is 0.504 e. The monoisotopic (exact) mass is 263 g/mol. The molecule has 0 aliphatic rings. The van der Waals surface area contributed by atoms with Crippen LogP contribution in [-0.4, -0.2) is 31.3 Å². The minimum Gasteiger partial charge on any atom is -0.504 e. The Morgan fingerprint density at radius 3 is 2.89 bits per heavy atom. The van der Waals surface area contributed by atoms with E-state index in [0.29, 0.717) is 31.2 Å². The van der Waals surface area contributed by atoms with Crippen LogP contribution in [0.5, 0.6) is 11.5 Å². The number of phenolic OH excluding ortho intramolecular Hbond substituents is 1. The fourth-order valence-corrected chi connectivity index (χ4v) is 1.54. The maximum Gasteiger partial charge on any atom is 0.188 e. The lowest BCUT2D eigenvalue weighted by atomic mass is 10.1. The summed E-state index contributed by atoms with van der Waals surface area (Å²) in [5.74, 6) is 1.02. The van der Waals surface area contributed by atoms with E-state index in [1.165, 1.54) is 7.11 Å². The van der Waals surface area contributed by atoms with Crippen molar-refractivity contribution >= 4 is 5.96 Å². The normalized spacial score (nSPS) is 11.2. The van der Waals surface area contributed by atoms with Crippen LogP contribution < -0.4 is 15.8 Å². The Hall–Kier alpha value is -2.17. The highest BCUT2D eigenvalue weighted by atomic mass is 16.5. The standard InChI is InChI=1S/C14H21N3O2/c1-10(2)9-17-14(15)16-8-7-11-5-4-6-12(19-3)13(11)18/h4-6,18H,1,7-9H2,2-3H3,(H3,15,16,17). The molecule has 0 radical (unpaired) electrons. The lowest BCUT2D eigenvalue weighted by Crippen LogP contribution is -2.33. The molecule has 0 amide bonds. The number of hydrogen-bond acceptors (Lipinski definition) is 3. The topological polar surface area (TPSA) is 79.9 Å². The summed E-state index contributed by atoms with van der Waals surface area (Å²) in [5, 5.41) is 12.9. The van der Waals surface area contributed by atoms with Gasteiger partial charge >= 0.3 is 0 Å². The molecule has 0 aromatic heterocycles. The van der Waals surface area contributed by atoms with E-state index in [9.17, 15) is 5.11 Å². The van der Waals surface area contributed by atoms with Gasteiger partial charge in [0.25, 0.3) is 0 Å². The molecule has 104 valence electrons. The third-order valence-electron chi connectivity index (χ3n) is 2.52. The molecule has 5 heteroatoms. The van der Waals surface area contributed by atoms with Crippen molar-refractivity contribution in [2.45, 2.75) is 13.3 Å². The summed E-state index contributed by atoms with van der Waals surface area (Å²) < 4.78 is 5.05. The van der Waals surface area contributed by atoms with Gasteiger partial charge in [0.1, 0.15) is 0 Å². The van der Waals surface area contributed by atoms with Crippen molar-refractivity contribution in [3.63, 3.8) is 0 Å². The Morgan fingerprint density at radius 2 is 2.26 bits per heavy atom. The molecule has 0 saturated heterocycles. The average Bonchev–Trinajstić information content (AvgIpc) is 2.38. The SMILES string of the molecule is C=C(C)CN=C(N)NCCc1cccc(OC)c1O. The fraction of sp³-hybridized carbons (Fsp3) is 0.357. The van der Waals surface area contributed by atoms with Gasteiger partial charge < -0.3 is 20.9 Å². The molecule has 0 aliphatic carbocycles. The van der Waals surface area contributed by atoms with Crippen molar-refractivity contribution in [2.24, 2.45) is 10.7 Å². The molecular weight excluding hydrogens is 242 g/mol. The minimum atomic E-state index is 0.171. The van der Waals surface area contributed by atoms with Crippen LogP contribution in [0, 0.1) is 0 Å². The second kappa shape index (κ2) is 7.31. The molecule has 0 atom stereocenters. The molecule has 0 bridgehead atoms. The lowest BCUT2D eigenvalue weighted by molar-refractivity contribution is 0.370. The molecule has 0 fully saturated rings. The number of nitrogens with one attached hydrogen (secondary N) is 1. The summed E-state index contributed by atoms with van der Waals surface area (Å²) >= 11 is 0. The molecule has 0 heterocycles. The maximum absolute atomic E-state index is 9.90. The molecule has 1 aromatic carbocycles. The molecule has 0 spiro atoms. The Balaban J connectivity index is 2.49. The molecule has 19 heavy (non-hydrogen) atoms. The van der Waals surface area contributed by atoms with Crippen molar-refractivity contribution < 1.29 is 9.84 Å². The van der Waals surface area contributed by atoms with Gasteiger partial charge in [0.15, 0.2) is 17.5 Å². The van der Waals surface area contributed by atoms with Gasteiger partial charge in [-0.15, -0.1) is 0 Å². The maximum atomic E-state index is 9.90. The average molecular weight is 263 g/mol. The van der Waals surface area contributed by atoms with E-state index in [0.717, 1.165) is 11.1 Å². The zero-order valence-electron chi connectivity index (χ0n) is 11.4. The summed E-state index contributed by atoms with van der Waals surface area (Å²) in [7, 11) is 1.53. The molecule has 1 aromatic rings. The number of aromatic hydroxyl groups is 1. The summed E-state index contributed by atoms with van der Waals surface area (Å²) in [6.45, 7) is 6.75. The van der Waals surface area contributed by atoms with Crippen LogP contribution in [0.3, 0.4) is 0 Å². The number of benzene rings is 1. The van der Waals surface area contributed by atoms with E-state index in [-0.39, 0.29) is 5.75 Å². The highest BCUT2D eigenvalue weighted by molar-refractivity contribution is 5.77. The third kappa shape index (κ3) is 4.91.